The molecule has 3 aromatic rings. The van der Waals surface area contributed by atoms with Gasteiger partial charge in [0.2, 0.25) is 5.91 Å². The van der Waals surface area contributed by atoms with Crippen LogP contribution in [0.15, 0.2) is 59.3 Å². The van der Waals surface area contributed by atoms with Gasteiger partial charge in [-0.25, -0.2) is 0 Å². The van der Waals surface area contributed by atoms with Crippen molar-refractivity contribution in [1.82, 2.24) is 15.1 Å². The van der Waals surface area contributed by atoms with Gasteiger partial charge in [-0.1, -0.05) is 36.4 Å². The summed E-state index contributed by atoms with van der Waals surface area (Å²) in [5.74, 6) is 0.174. The number of amides is 3. The van der Waals surface area contributed by atoms with Gasteiger partial charge < -0.3 is 15.1 Å². The average Bonchev–Trinajstić information content (AvgIpc) is 3.43. The average molecular weight is 476 g/mol. The Morgan fingerprint density at radius 2 is 1.53 bits per heavy atom. The maximum Gasteiger partial charge on any atom is 0.254 e. The van der Waals surface area contributed by atoms with Crippen LogP contribution in [-0.2, 0) is 4.79 Å². The Kier molecular flexibility index (Phi) is 6.63. The monoisotopic (exact) mass is 475 g/mol. The van der Waals surface area contributed by atoms with E-state index in [0.29, 0.717) is 44.6 Å². The van der Waals surface area contributed by atoms with E-state index in [1.165, 1.54) is 11.3 Å². The summed E-state index contributed by atoms with van der Waals surface area (Å²) in [5.41, 5.74) is 1.43. The minimum Gasteiger partial charge on any atom is -0.349 e. The van der Waals surface area contributed by atoms with Gasteiger partial charge in [-0.05, 0) is 54.0 Å². The molecule has 6 nitrogen and oxygen atoms in total. The summed E-state index contributed by atoms with van der Waals surface area (Å²) in [5, 5.41) is 8.88. The number of hydrogen-bond acceptors (Lipinski definition) is 4. The quantitative estimate of drug-likeness (QED) is 0.616. The minimum atomic E-state index is -0.0338. The molecule has 3 amide bonds. The number of hydrogen-bond donors (Lipinski definition) is 1. The SMILES string of the molecule is O=C(NC1CCN(C(=O)C2CCN(C(=O)c3cccc4ccccc34)CC2)CC1)c1ccsc1. The zero-order chi connectivity index (χ0) is 23.5. The van der Waals surface area contributed by atoms with E-state index < -0.39 is 0 Å². The molecule has 2 aromatic carbocycles. The van der Waals surface area contributed by atoms with Gasteiger partial charge in [-0.15, -0.1) is 0 Å². The van der Waals surface area contributed by atoms with Gasteiger partial charge in [0.25, 0.3) is 11.8 Å². The molecule has 0 radical (unpaired) electrons. The van der Waals surface area contributed by atoms with E-state index in [1.54, 1.807) is 0 Å². The molecule has 2 saturated heterocycles. The first kappa shape index (κ1) is 22.6. The summed E-state index contributed by atoms with van der Waals surface area (Å²) < 4.78 is 0. The van der Waals surface area contributed by atoms with Crippen molar-refractivity contribution < 1.29 is 14.4 Å². The van der Waals surface area contributed by atoms with E-state index in [4.69, 9.17) is 0 Å². The highest BCUT2D eigenvalue weighted by molar-refractivity contribution is 7.08. The number of nitrogens with one attached hydrogen (secondary N) is 1. The van der Waals surface area contributed by atoms with Crippen molar-refractivity contribution in [1.29, 1.82) is 0 Å². The molecule has 34 heavy (non-hydrogen) atoms. The second-order valence-electron chi connectivity index (χ2n) is 9.18. The van der Waals surface area contributed by atoms with Crippen LogP contribution in [0, 0.1) is 5.92 Å². The lowest BCUT2D eigenvalue weighted by molar-refractivity contribution is -0.138. The van der Waals surface area contributed by atoms with Gasteiger partial charge in [0.15, 0.2) is 0 Å². The molecule has 0 unspecified atom stereocenters. The van der Waals surface area contributed by atoms with Crippen molar-refractivity contribution in [3.05, 3.63) is 70.4 Å². The summed E-state index contributed by atoms with van der Waals surface area (Å²) >= 11 is 1.51. The van der Waals surface area contributed by atoms with Crippen molar-refractivity contribution in [2.75, 3.05) is 26.2 Å². The van der Waals surface area contributed by atoms with Crippen LogP contribution in [0.5, 0.6) is 0 Å². The van der Waals surface area contributed by atoms with E-state index in [-0.39, 0.29) is 29.7 Å². The number of thiophene rings is 1. The molecule has 1 N–H and O–H groups in total. The summed E-state index contributed by atoms with van der Waals surface area (Å²) in [6, 6.07) is 15.7. The van der Waals surface area contributed by atoms with Gasteiger partial charge in [-0.3, -0.25) is 14.4 Å². The predicted octanol–water partition coefficient (Wildman–Crippen LogP) is 4.17. The molecule has 2 aliphatic rings. The van der Waals surface area contributed by atoms with Crippen molar-refractivity contribution >= 4 is 39.8 Å². The highest BCUT2D eigenvalue weighted by Gasteiger charge is 2.33. The zero-order valence-electron chi connectivity index (χ0n) is 19.1. The van der Waals surface area contributed by atoms with Gasteiger partial charge in [0, 0.05) is 54.6 Å². The second-order valence-corrected chi connectivity index (χ2v) is 9.96. The standard InChI is InChI=1S/C27H29N3O3S/c31-25(21-12-17-34-18-21)28-22-10-15-29(16-11-22)26(32)20-8-13-30(14-9-20)27(33)24-7-3-5-19-4-1-2-6-23(19)24/h1-7,12,17-18,20,22H,8-11,13-16H2,(H,28,31). The van der Waals surface area contributed by atoms with Crippen molar-refractivity contribution in [3.8, 4) is 0 Å². The molecule has 1 aromatic heterocycles. The molecule has 0 spiro atoms. The molecule has 176 valence electrons. The molecule has 5 rings (SSSR count). The third-order valence-corrected chi connectivity index (χ3v) is 7.76. The summed E-state index contributed by atoms with van der Waals surface area (Å²) in [6.07, 6.45) is 2.95. The molecule has 7 heteroatoms. The molecule has 0 saturated carbocycles. The van der Waals surface area contributed by atoms with Crippen LogP contribution in [-0.4, -0.2) is 59.7 Å². The number of nitrogens with zero attached hydrogens (tertiary/aromatic N) is 2. The van der Waals surface area contributed by atoms with Gasteiger partial charge in [0.05, 0.1) is 0 Å². The molecular formula is C27H29N3O3S. The Balaban J connectivity index is 1.12. The predicted molar refractivity (Wildman–Crippen MR) is 134 cm³/mol. The van der Waals surface area contributed by atoms with E-state index in [1.807, 2.05) is 69.1 Å². The van der Waals surface area contributed by atoms with Crippen LogP contribution in [0.2, 0.25) is 0 Å². The number of likely N-dealkylation sites (tertiary alicyclic amines) is 2. The third-order valence-electron chi connectivity index (χ3n) is 7.08. The van der Waals surface area contributed by atoms with Gasteiger partial charge in [-0.2, -0.15) is 11.3 Å². The van der Waals surface area contributed by atoms with Crippen LogP contribution >= 0.6 is 11.3 Å². The highest BCUT2D eigenvalue weighted by atomic mass is 32.1. The van der Waals surface area contributed by atoms with E-state index >= 15 is 0 Å². The lowest BCUT2D eigenvalue weighted by Gasteiger charge is -2.37. The Hall–Kier alpha value is -3.19. The largest absolute Gasteiger partial charge is 0.349 e. The molecule has 0 bridgehead atoms. The van der Waals surface area contributed by atoms with Gasteiger partial charge in [0.1, 0.15) is 0 Å². The minimum absolute atomic E-state index is 0.0331. The van der Waals surface area contributed by atoms with Crippen molar-refractivity contribution in [2.24, 2.45) is 5.92 Å². The molecule has 2 aliphatic heterocycles. The van der Waals surface area contributed by atoms with Crippen LogP contribution in [0.4, 0.5) is 0 Å². The fourth-order valence-electron chi connectivity index (χ4n) is 5.08. The first-order valence-corrected chi connectivity index (χ1v) is 12.9. The summed E-state index contributed by atoms with van der Waals surface area (Å²) in [7, 11) is 0. The number of rotatable bonds is 4. The first-order chi connectivity index (χ1) is 16.6. The van der Waals surface area contributed by atoms with Gasteiger partial charge >= 0.3 is 0 Å². The Labute approximate surface area is 203 Å². The fraction of sp³-hybridized carbons (Fsp3) is 0.370. The Morgan fingerprint density at radius 1 is 0.824 bits per heavy atom. The van der Waals surface area contributed by atoms with Crippen LogP contribution in [0.25, 0.3) is 10.8 Å². The summed E-state index contributed by atoms with van der Waals surface area (Å²) in [6.45, 7) is 2.54. The third kappa shape index (κ3) is 4.71. The number of piperidine rings is 2. The summed E-state index contributed by atoms with van der Waals surface area (Å²) in [4.78, 5) is 42.4. The smallest absolute Gasteiger partial charge is 0.254 e. The zero-order valence-corrected chi connectivity index (χ0v) is 19.9. The van der Waals surface area contributed by atoms with Crippen molar-refractivity contribution in [2.45, 2.75) is 31.7 Å². The molecule has 0 aliphatic carbocycles. The lowest BCUT2D eigenvalue weighted by atomic mass is 9.93. The molecule has 2 fully saturated rings. The van der Waals surface area contributed by atoms with E-state index in [2.05, 4.69) is 5.32 Å². The normalized spacial score (nSPS) is 17.6. The number of carbonyl (C=O) groups excluding carboxylic acids is 3. The molecular weight excluding hydrogens is 446 g/mol. The van der Waals surface area contributed by atoms with Crippen LogP contribution < -0.4 is 5.32 Å². The first-order valence-electron chi connectivity index (χ1n) is 12.0. The number of benzene rings is 2. The van der Waals surface area contributed by atoms with Crippen LogP contribution in [0.3, 0.4) is 0 Å². The fourth-order valence-corrected chi connectivity index (χ4v) is 5.71. The van der Waals surface area contributed by atoms with Crippen LogP contribution in [0.1, 0.15) is 46.4 Å². The lowest BCUT2D eigenvalue weighted by Crippen LogP contribution is -2.49. The topological polar surface area (TPSA) is 69.7 Å². The molecule has 0 atom stereocenters. The molecule has 3 heterocycles. The maximum atomic E-state index is 13.2. The van der Waals surface area contributed by atoms with E-state index in [9.17, 15) is 14.4 Å². The number of fused-ring (bicyclic) bond motifs is 1. The van der Waals surface area contributed by atoms with Crippen molar-refractivity contribution in [3.63, 3.8) is 0 Å². The maximum absolute atomic E-state index is 13.2. The second kappa shape index (κ2) is 9.97. The van der Waals surface area contributed by atoms with E-state index in [0.717, 1.165) is 29.2 Å². The highest BCUT2D eigenvalue weighted by Crippen LogP contribution is 2.25. The number of carbonyl (C=O) groups is 3. The Bertz CT molecular complexity index is 1170. The Morgan fingerprint density at radius 3 is 2.26 bits per heavy atom.